The number of aryl methyl sites for hydroxylation is 2. The van der Waals surface area contributed by atoms with Gasteiger partial charge in [-0.05, 0) is 12.0 Å². The monoisotopic (exact) mass is 212 g/mol. The van der Waals surface area contributed by atoms with Crippen LogP contribution in [0, 0.1) is 0 Å². The smallest absolute Gasteiger partial charge is 0.128 e. The van der Waals surface area contributed by atoms with Crippen molar-refractivity contribution in [2.75, 3.05) is 0 Å². The van der Waals surface area contributed by atoms with Crippen LogP contribution in [0.1, 0.15) is 25.2 Å². The Bertz CT molecular complexity index is 463. The molecular formula is C14H16N2. The molecule has 0 saturated heterocycles. The minimum atomic E-state index is 0.879. The Morgan fingerprint density at radius 3 is 2.38 bits per heavy atom. The number of hydrogen-bond donors (Lipinski definition) is 0. The predicted octanol–water partition coefficient (Wildman–Crippen LogP) is 3.27. The summed E-state index contributed by atoms with van der Waals surface area (Å²) in [7, 11) is 0. The SMILES string of the molecule is CCc1ncc(CC)c(-c2ccccc2)n1. The predicted molar refractivity (Wildman–Crippen MR) is 66.2 cm³/mol. The standard InChI is InChI=1S/C14H16N2/c1-3-11-10-15-13(4-2)16-14(11)12-8-6-5-7-9-12/h5-10H,3-4H2,1-2H3. The number of hydrogen-bond acceptors (Lipinski definition) is 2. The summed E-state index contributed by atoms with van der Waals surface area (Å²) in [5.74, 6) is 0.913. The van der Waals surface area contributed by atoms with Crippen LogP contribution in [0.3, 0.4) is 0 Å². The summed E-state index contributed by atoms with van der Waals surface area (Å²) >= 11 is 0. The first-order chi connectivity index (χ1) is 7.85. The van der Waals surface area contributed by atoms with Crippen LogP contribution in [0.25, 0.3) is 11.3 Å². The van der Waals surface area contributed by atoms with Crippen LogP contribution in [0.2, 0.25) is 0 Å². The highest BCUT2D eigenvalue weighted by Gasteiger charge is 2.06. The lowest BCUT2D eigenvalue weighted by molar-refractivity contribution is 0.919. The van der Waals surface area contributed by atoms with E-state index < -0.39 is 0 Å². The zero-order valence-corrected chi connectivity index (χ0v) is 9.77. The van der Waals surface area contributed by atoms with Gasteiger partial charge >= 0.3 is 0 Å². The van der Waals surface area contributed by atoms with Crippen molar-refractivity contribution in [3.8, 4) is 11.3 Å². The highest BCUT2D eigenvalue weighted by molar-refractivity contribution is 5.62. The Kier molecular flexibility index (Phi) is 3.30. The molecule has 2 nitrogen and oxygen atoms in total. The maximum atomic E-state index is 4.62. The van der Waals surface area contributed by atoms with Gasteiger partial charge in [-0.2, -0.15) is 0 Å². The number of benzene rings is 1. The van der Waals surface area contributed by atoms with Gasteiger partial charge in [0.25, 0.3) is 0 Å². The van der Waals surface area contributed by atoms with Crippen LogP contribution in [0.5, 0.6) is 0 Å². The van der Waals surface area contributed by atoms with E-state index in [0.717, 1.165) is 24.4 Å². The first kappa shape index (κ1) is 10.8. The Labute approximate surface area is 96.4 Å². The Morgan fingerprint density at radius 1 is 1.00 bits per heavy atom. The van der Waals surface area contributed by atoms with Gasteiger partial charge < -0.3 is 0 Å². The lowest BCUT2D eigenvalue weighted by Gasteiger charge is -2.08. The van der Waals surface area contributed by atoms with Crippen LogP contribution < -0.4 is 0 Å². The maximum Gasteiger partial charge on any atom is 0.128 e. The molecule has 0 amide bonds. The van der Waals surface area contributed by atoms with Gasteiger partial charge in [-0.25, -0.2) is 9.97 Å². The quantitative estimate of drug-likeness (QED) is 0.780. The molecule has 0 radical (unpaired) electrons. The van der Waals surface area contributed by atoms with Gasteiger partial charge in [0, 0.05) is 18.2 Å². The van der Waals surface area contributed by atoms with Gasteiger partial charge in [-0.1, -0.05) is 44.2 Å². The van der Waals surface area contributed by atoms with Crippen molar-refractivity contribution in [1.29, 1.82) is 0 Å². The van der Waals surface area contributed by atoms with E-state index in [2.05, 4.69) is 35.9 Å². The summed E-state index contributed by atoms with van der Waals surface area (Å²) in [6.45, 7) is 4.21. The Balaban J connectivity index is 2.53. The van der Waals surface area contributed by atoms with Crippen LogP contribution in [0.15, 0.2) is 36.5 Å². The molecule has 1 heterocycles. The highest BCUT2D eigenvalue weighted by atomic mass is 14.9. The molecule has 2 rings (SSSR count). The zero-order valence-electron chi connectivity index (χ0n) is 9.77. The molecule has 0 unspecified atom stereocenters. The summed E-state index contributed by atoms with van der Waals surface area (Å²) < 4.78 is 0. The van der Waals surface area contributed by atoms with Gasteiger partial charge in [0.15, 0.2) is 0 Å². The molecule has 0 fully saturated rings. The van der Waals surface area contributed by atoms with Gasteiger partial charge in [-0.3, -0.25) is 0 Å². The molecular weight excluding hydrogens is 196 g/mol. The second-order valence-corrected chi connectivity index (χ2v) is 3.73. The molecule has 0 aliphatic heterocycles. The average molecular weight is 212 g/mol. The van der Waals surface area contributed by atoms with E-state index in [-0.39, 0.29) is 0 Å². The number of nitrogens with zero attached hydrogens (tertiary/aromatic N) is 2. The molecule has 1 aromatic carbocycles. The summed E-state index contributed by atoms with van der Waals surface area (Å²) in [4.78, 5) is 8.96. The minimum Gasteiger partial charge on any atom is -0.241 e. The summed E-state index contributed by atoms with van der Waals surface area (Å²) in [5.41, 5.74) is 3.47. The first-order valence-electron chi connectivity index (χ1n) is 5.75. The van der Waals surface area contributed by atoms with Crippen molar-refractivity contribution in [3.63, 3.8) is 0 Å². The molecule has 0 atom stereocenters. The summed E-state index contributed by atoms with van der Waals surface area (Å²) in [6.07, 6.45) is 3.80. The molecule has 0 N–H and O–H groups in total. The van der Waals surface area contributed by atoms with Crippen LogP contribution >= 0.6 is 0 Å². The zero-order chi connectivity index (χ0) is 11.4. The second kappa shape index (κ2) is 4.88. The molecule has 0 spiro atoms. The van der Waals surface area contributed by atoms with Crippen molar-refractivity contribution in [1.82, 2.24) is 9.97 Å². The van der Waals surface area contributed by atoms with E-state index in [1.165, 1.54) is 11.1 Å². The first-order valence-corrected chi connectivity index (χ1v) is 5.75. The largest absolute Gasteiger partial charge is 0.241 e. The van der Waals surface area contributed by atoms with E-state index in [0.29, 0.717) is 0 Å². The Hall–Kier alpha value is -1.70. The van der Waals surface area contributed by atoms with E-state index in [1.54, 1.807) is 0 Å². The molecule has 16 heavy (non-hydrogen) atoms. The number of rotatable bonds is 3. The third kappa shape index (κ3) is 2.11. The van der Waals surface area contributed by atoms with E-state index in [1.807, 2.05) is 24.4 Å². The fourth-order valence-electron chi connectivity index (χ4n) is 1.72. The topological polar surface area (TPSA) is 25.8 Å². The second-order valence-electron chi connectivity index (χ2n) is 3.73. The number of aromatic nitrogens is 2. The molecule has 0 saturated carbocycles. The van der Waals surface area contributed by atoms with Crippen molar-refractivity contribution >= 4 is 0 Å². The normalized spacial score (nSPS) is 10.4. The van der Waals surface area contributed by atoms with Gasteiger partial charge in [0.1, 0.15) is 5.82 Å². The van der Waals surface area contributed by atoms with Crippen molar-refractivity contribution in [3.05, 3.63) is 47.9 Å². The van der Waals surface area contributed by atoms with Crippen LogP contribution in [-0.2, 0) is 12.8 Å². The molecule has 0 aliphatic carbocycles. The molecule has 82 valence electrons. The summed E-state index contributed by atoms with van der Waals surface area (Å²) in [6, 6.07) is 10.3. The van der Waals surface area contributed by atoms with Crippen molar-refractivity contribution < 1.29 is 0 Å². The highest BCUT2D eigenvalue weighted by Crippen LogP contribution is 2.21. The van der Waals surface area contributed by atoms with E-state index >= 15 is 0 Å². The molecule has 0 bridgehead atoms. The van der Waals surface area contributed by atoms with E-state index in [9.17, 15) is 0 Å². The van der Waals surface area contributed by atoms with Crippen LogP contribution in [0.4, 0.5) is 0 Å². The fourth-order valence-corrected chi connectivity index (χ4v) is 1.72. The fraction of sp³-hybridized carbons (Fsp3) is 0.286. The van der Waals surface area contributed by atoms with Gasteiger partial charge in [-0.15, -0.1) is 0 Å². The molecule has 0 aliphatic rings. The average Bonchev–Trinajstić information content (AvgIpc) is 2.39. The van der Waals surface area contributed by atoms with Crippen molar-refractivity contribution in [2.24, 2.45) is 0 Å². The lowest BCUT2D eigenvalue weighted by Crippen LogP contribution is -1.99. The van der Waals surface area contributed by atoms with Crippen LogP contribution in [-0.4, -0.2) is 9.97 Å². The van der Waals surface area contributed by atoms with E-state index in [4.69, 9.17) is 0 Å². The Morgan fingerprint density at radius 2 is 1.75 bits per heavy atom. The lowest BCUT2D eigenvalue weighted by atomic mass is 10.1. The molecule has 2 heteroatoms. The third-order valence-electron chi connectivity index (χ3n) is 2.66. The maximum absolute atomic E-state index is 4.62. The van der Waals surface area contributed by atoms with Crippen molar-refractivity contribution in [2.45, 2.75) is 26.7 Å². The van der Waals surface area contributed by atoms with Gasteiger partial charge in [0.05, 0.1) is 5.69 Å². The van der Waals surface area contributed by atoms with Gasteiger partial charge in [0.2, 0.25) is 0 Å². The summed E-state index contributed by atoms with van der Waals surface area (Å²) in [5, 5.41) is 0. The molecule has 1 aromatic heterocycles. The third-order valence-corrected chi connectivity index (χ3v) is 2.66. The molecule has 2 aromatic rings. The minimum absolute atomic E-state index is 0.879.